The van der Waals surface area contributed by atoms with Gasteiger partial charge in [-0.3, -0.25) is 4.79 Å². The molecule has 1 atom stereocenters. The van der Waals surface area contributed by atoms with Gasteiger partial charge in [-0.05, 0) is 20.3 Å². The van der Waals surface area contributed by atoms with E-state index in [1.165, 1.54) is 0 Å². The third-order valence-corrected chi connectivity index (χ3v) is 1.70. The predicted molar refractivity (Wildman–Crippen MR) is 58.1 cm³/mol. The molecule has 0 aliphatic carbocycles. The van der Waals surface area contributed by atoms with E-state index in [0.717, 1.165) is 12.0 Å². The Morgan fingerprint density at radius 3 is 2.57 bits per heavy atom. The fourth-order valence-corrected chi connectivity index (χ4v) is 1.09. The second-order valence-corrected chi connectivity index (χ2v) is 3.42. The minimum Gasteiger partial charge on any atom is -0.368 e. The van der Waals surface area contributed by atoms with Crippen LogP contribution < -0.4 is 5.32 Å². The molecule has 0 heterocycles. The average Bonchev–Trinajstić information content (AvgIpc) is 2.12. The molecule has 3 nitrogen and oxygen atoms in total. The van der Waals surface area contributed by atoms with Gasteiger partial charge in [0, 0.05) is 19.6 Å². The molecule has 0 saturated heterocycles. The fourth-order valence-electron chi connectivity index (χ4n) is 1.09. The predicted octanol–water partition coefficient (Wildman–Crippen LogP) is 1.88. The molecule has 0 rings (SSSR count). The van der Waals surface area contributed by atoms with Crippen molar-refractivity contribution in [1.29, 1.82) is 0 Å². The van der Waals surface area contributed by atoms with E-state index < -0.39 is 0 Å². The summed E-state index contributed by atoms with van der Waals surface area (Å²) < 4.78 is 5.44. The van der Waals surface area contributed by atoms with Gasteiger partial charge in [0.25, 0.3) is 0 Å². The van der Waals surface area contributed by atoms with E-state index in [4.69, 9.17) is 4.74 Å². The monoisotopic (exact) mass is 199 g/mol. The number of hydrogen-bond donors (Lipinski definition) is 1. The molecule has 0 fully saturated rings. The van der Waals surface area contributed by atoms with E-state index >= 15 is 0 Å². The van der Waals surface area contributed by atoms with Crippen LogP contribution >= 0.6 is 0 Å². The fraction of sp³-hybridized carbons (Fsp3) is 0.727. The molecular formula is C11H21NO2. The molecule has 0 aromatic rings. The highest BCUT2D eigenvalue weighted by molar-refractivity contribution is 5.81. The van der Waals surface area contributed by atoms with Crippen molar-refractivity contribution < 1.29 is 9.53 Å². The van der Waals surface area contributed by atoms with Gasteiger partial charge in [-0.1, -0.05) is 12.5 Å². The molecule has 14 heavy (non-hydrogen) atoms. The van der Waals surface area contributed by atoms with E-state index in [0.29, 0.717) is 19.6 Å². The number of rotatable bonds is 7. The number of amides is 1. The summed E-state index contributed by atoms with van der Waals surface area (Å²) in [6.07, 6.45) is 1.16. The van der Waals surface area contributed by atoms with Gasteiger partial charge in [0.15, 0.2) is 0 Å². The van der Waals surface area contributed by atoms with Crippen molar-refractivity contribution in [3.05, 3.63) is 12.2 Å². The maximum atomic E-state index is 11.5. The van der Waals surface area contributed by atoms with Crippen LogP contribution in [0.1, 0.15) is 33.6 Å². The summed E-state index contributed by atoms with van der Waals surface area (Å²) in [5, 5.41) is 2.75. The lowest BCUT2D eigenvalue weighted by molar-refractivity contribution is -0.132. The zero-order valence-corrected chi connectivity index (χ0v) is 9.43. The number of nitrogens with one attached hydrogen (secondary N) is 1. The first-order valence-electron chi connectivity index (χ1n) is 5.15. The second kappa shape index (κ2) is 7.56. The normalized spacial score (nSPS) is 12.2. The second-order valence-electron chi connectivity index (χ2n) is 3.42. The van der Waals surface area contributed by atoms with Crippen LogP contribution in [0.3, 0.4) is 0 Å². The third kappa shape index (κ3) is 5.75. The molecular weight excluding hydrogens is 178 g/mol. The lowest BCUT2D eigenvalue weighted by Crippen LogP contribution is -2.36. The van der Waals surface area contributed by atoms with E-state index in [1.54, 1.807) is 0 Å². The Bertz CT molecular complexity index is 190. The average molecular weight is 199 g/mol. The SMILES string of the molecule is C=C(C)CC(OCCC)C(=O)NCC. The molecule has 82 valence electrons. The van der Waals surface area contributed by atoms with Gasteiger partial charge in [0.2, 0.25) is 5.91 Å². The minimum absolute atomic E-state index is 0.0380. The summed E-state index contributed by atoms with van der Waals surface area (Å²) >= 11 is 0. The highest BCUT2D eigenvalue weighted by Gasteiger charge is 2.17. The third-order valence-electron chi connectivity index (χ3n) is 1.70. The van der Waals surface area contributed by atoms with E-state index in [9.17, 15) is 4.79 Å². The first-order chi connectivity index (χ1) is 6.61. The van der Waals surface area contributed by atoms with Crippen LogP contribution in [-0.2, 0) is 9.53 Å². The highest BCUT2D eigenvalue weighted by atomic mass is 16.5. The van der Waals surface area contributed by atoms with Gasteiger partial charge in [-0.2, -0.15) is 0 Å². The molecule has 1 N–H and O–H groups in total. The summed E-state index contributed by atoms with van der Waals surface area (Å²) in [7, 11) is 0. The van der Waals surface area contributed by atoms with Crippen LogP contribution in [0.4, 0.5) is 0 Å². The van der Waals surface area contributed by atoms with Gasteiger partial charge >= 0.3 is 0 Å². The molecule has 0 aromatic carbocycles. The van der Waals surface area contributed by atoms with Gasteiger partial charge in [-0.15, -0.1) is 6.58 Å². The topological polar surface area (TPSA) is 38.3 Å². The summed E-state index contributed by atoms with van der Waals surface area (Å²) in [5.74, 6) is -0.0380. The molecule has 1 unspecified atom stereocenters. The Kier molecular flexibility index (Phi) is 7.11. The van der Waals surface area contributed by atoms with Gasteiger partial charge in [0.05, 0.1) is 0 Å². The molecule has 0 radical (unpaired) electrons. The van der Waals surface area contributed by atoms with E-state index in [1.807, 2.05) is 20.8 Å². The zero-order valence-electron chi connectivity index (χ0n) is 9.43. The lowest BCUT2D eigenvalue weighted by atomic mass is 10.1. The Morgan fingerprint density at radius 2 is 2.14 bits per heavy atom. The first kappa shape index (κ1) is 13.2. The largest absolute Gasteiger partial charge is 0.368 e. The standard InChI is InChI=1S/C11H21NO2/c1-5-7-14-10(8-9(3)4)11(13)12-6-2/h10H,3,5-8H2,1-2,4H3,(H,12,13). The number of hydrogen-bond acceptors (Lipinski definition) is 2. The van der Waals surface area contributed by atoms with Gasteiger partial charge in [0.1, 0.15) is 6.10 Å². The van der Waals surface area contributed by atoms with Crippen LogP contribution in [0.5, 0.6) is 0 Å². The molecule has 0 aromatic heterocycles. The van der Waals surface area contributed by atoms with Crippen molar-refractivity contribution in [2.75, 3.05) is 13.2 Å². The number of carbonyl (C=O) groups is 1. The number of carbonyl (C=O) groups excluding carboxylic acids is 1. The highest BCUT2D eigenvalue weighted by Crippen LogP contribution is 2.06. The van der Waals surface area contributed by atoms with Crippen molar-refractivity contribution in [1.82, 2.24) is 5.32 Å². The summed E-state index contributed by atoms with van der Waals surface area (Å²) in [5.41, 5.74) is 0.970. The molecule has 0 aliphatic heterocycles. The Hall–Kier alpha value is -0.830. The van der Waals surface area contributed by atoms with Crippen molar-refractivity contribution in [2.24, 2.45) is 0 Å². The van der Waals surface area contributed by atoms with Crippen molar-refractivity contribution in [3.63, 3.8) is 0 Å². The Morgan fingerprint density at radius 1 is 1.50 bits per heavy atom. The molecule has 3 heteroatoms. The van der Waals surface area contributed by atoms with Crippen molar-refractivity contribution in [3.8, 4) is 0 Å². The number of likely N-dealkylation sites (N-methyl/N-ethyl adjacent to an activating group) is 1. The quantitative estimate of drug-likeness (QED) is 0.636. The molecule has 0 saturated carbocycles. The smallest absolute Gasteiger partial charge is 0.249 e. The van der Waals surface area contributed by atoms with Crippen LogP contribution in [0.15, 0.2) is 12.2 Å². The maximum Gasteiger partial charge on any atom is 0.249 e. The zero-order chi connectivity index (χ0) is 11.0. The Balaban J connectivity index is 4.08. The van der Waals surface area contributed by atoms with E-state index in [2.05, 4.69) is 11.9 Å². The minimum atomic E-state index is -0.368. The number of ether oxygens (including phenoxy) is 1. The Labute approximate surface area is 86.5 Å². The van der Waals surface area contributed by atoms with E-state index in [-0.39, 0.29) is 12.0 Å². The molecule has 0 spiro atoms. The van der Waals surface area contributed by atoms with Crippen molar-refractivity contribution >= 4 is 5.91 Å². The van der Waals surface area contributed by atoms with Crippen LogP contribution in [0.25, 0.3) is 0 Å². The first-order valence-corrected chi connectivity index (χ1v) is 5.15. The maximum absolute atomic E-state index is 11.5. The van der Waals surface area contributed by atoms with Gasteiger partial charge < -0.3 is 10.1 Å². The van der Waals surface area contributed by atoms with Crippen LogP contribution in [0, 0.1) is 0 Å². The summed E-state index contributed by atoms with van der Waals surface area (Å²) in [6, 6.07) is 0. The molecule has 0 aliphatic rings. The van der Waals surface area contributed by atoms with Crippen LogP contribution in [0.2, 0.25) is 0 Å². The van der Waals surface area contributed by atoms with Crippen molar-refractivity contribution in [2.45, 2.75) is 39.7 Å². The summed E-state index contributed by atoms with van der Waals surface area (Å²) in [6.45, 7) is 10.9. The molecule has 1 amide bonds. The lowest BCUT2D eigenvalue weighted by Gasteiger charge is -2.16. The van der Waals surface area contributed by atoms with Gasteiger partial charge in [-0.25, -0.2) is 0 Å². The summed E-state index contributed by atoms with van der Waals surface area (Å²) in [4.78, 5) is 11.5. The molecule has 0 bridgehead atoms. The van der Waals surface area contributed by atoms with Crippen LogP contribution in [-0.4, -0.2) is 25.2 Å².